The quantitative estimate of drug-likeness (QED) is 0.731. The fourth-order valence-corrected chi connectivity index (χ4v) is 1.32. The maximum atomic E-state index is 11.3. The molecule has 0 aliphatic heterocycles. The second-order valence-electron chi connectivity index (χ2n) is 3.60. The Bertz CT molecular complexity index is 369. The Hall–Kier alpha value is -1.91. The molecule has 5 nitrogen and oxygen atoms in total. The van der Waals surface area contributed by atoms with Crippen LogP contribution in [0.15, 0.2) is 24.3 Å². The van der Waals surface area contributed by atoms with Gasteiger partial charge < -0.3 is 20.1 Å². The first-order chi connectivity index (χ1) is 8.77. The minimum Gasteiger partial charge on any atom is -0.490 e. The van der Waals surface area contributed by atoms with Crippen LogP contribution >= 0.6 is 0 Å². The highest BCUT2D eigenvalue weighted by Crippen LogP contribution is 2.25. The van der Waals surface area contributed by atoms with E-state index >= 15 is 0 Å². The van der Waals surface area contributed by atoms with Gasteiger partial charge in [-0.25, -0.2) is 4.79 Å². The predicted molar refractivity (Wildman–Crippen MR) is 69.9 cm³/mol. The van der Waals surface area contributed by atoms with Gasteiger partial charge in [0.05, 0.1) is 6.61 Å². The van der Waals surface area contributed by atoms with Crippen molar-refractivity contribution in [2.75, 3.05) is 19.9 Å². The minimum absolute atomic E-state index is 0.111. The van der Waals surface area contributed by atoms with Gasteiger partial charge in [-0.15, -0.1) is 0 Å². The third kappa shape index (κ3) is 4.95. The molecule has 0 fully saturated rings. The van der Waals surface area contributed by atoms with E-state index in [9.17, 15) is 4.79 Å². The molecular formula is C13H20N2O3. The summed E-state index contributed by atoms with van der Waals surface area (Å²) in [5, 5.41) is 5.30. The lowest BCUT2D eigenvalue weighted by Crippen LogP contribution is -2.37. The molecule has 0 saturated carbocycles. The van der Waals surface area contributed by atoms with E-state index in [-0.39, 0.29) is 12.8 Å². The van der Waals surface area contributed by atoms with Gasteiger partial charge in [0.2, 0.25) is 0 Å². The molecule has 0 aromatic heterocycles. The zero-order valence-electron chi connectivity index (χ0n) is 10.9. The van der Waals surface area contributed by atoms with Gasteiger partial charge in [0.25, 0.3) is 0 Å². The van der Waals surface area contributed by atoms with Crippen molar-refractivity contribution in [3.63, 3.8) is 0 Å². The Morgan fingerprint density at radius 2 is 1.78 bits per heavy atom. The Morgan fingerprint density at radius 1 is 1.11 bits per heavy atom. The van der Waals surface area contributed by atoms with Crippen molar-refractivity contribution in [3.8, 4) is 11.5 Å². The number of benzene rings is 1. The summed E-state index contributed by atoms with van der Waals surface area (Å²) >= 11 is 0. The average molecular weight is 252 g/mol. The number of carbonyl (C=O) groups is 1. The Balaban J connectivity index is 2.36. The summed E-state index contributed by atoms with van der Waals surface area (Å²) < 4.78 is 10.8. The second kappa shape index (κ2) is 8.22. The van der Waals surface area contributed by atoms with Gasteiger partial charge in [0.15, 0.2) is 18.2 Å². The van der Waals surface area contributed by atoms with Gasteiger partial charge in [-0.3, -0.25) is 0 Å². The van der Waals surface area contributed by atoms with E-state index in [0.29, 0.717) is 24.7 Å². The predicted octanol–water partition coefficient (Wildman–Crippen LogP) is 2.13. The molecule has 0 heterocycles. The zero-order valence-corrected chi connectivity index (χ0v) is 10.9. The maximum Gasteiger partial charge on any atom is 0.317 e. The van der Waals surface area contributed by atoms with Crippen LogP contribution in [0.5, 0.6) is 11.5 Å². The smallest absolute Gasteiger partial charge is 0.317 e. The van der Waals surface area contributed by atoms with Crippen molar-refractivity contribution in [1.82, 2.24) is 10.6 Å². The Kier molecular flexibility index (Phi) is 6.46. The van der Waals surface area contributed by atoms with E-state index in [4.69, 9.17) is 9.47 Å². The number of urea groups is 1. The maximum absolute atomic E-state index is 11.3. The first-order valence-electron chi connectivity index (χ1n) is 6.14. The van der Waals surface area contributed by atoms with Gasteiger partial charge in [-0.05, 0) is 25.5 Å². The van der Waals surface area contributed by atoms with E-state index in [1.165, 1.54) is 0 Å². The molecule has 1 aromatic rings. The summed E-state index contributed by atoms with van der Waals surface area (Å²) in [4.78, 5) is 11.3. The molecule has 0 saturated heterocycles. The average Bonchev–Trinajstić information content (AvgIpc) is 2.38. The van der Waals surface area contributed by atoms with Gasteiger partial charge in [-0.2, -0.15) is 0 Å². The first kappa shape index (κ1) is 14.2. The Morgan fingerprint density at radius 3 is 2.39 bits per heavy atom. The summed E-state index contributed by atoms with van der Waals surface area (Å²) in [6.45, 7) is 5.24. The van der Waals surface area contributed by atoms with Crippen LogP contribution < -0.4 is 20.1 Å². The number of rotatable bonds is 7. The van der Waals surface area contributed by atoms with Gasteiger partial charge >= 0.3 is 6.03 Å². The zero-order chi connectivity index (χ0) is 13.2. The number of hydrogen-bond acceptors (Lipinski definition) is 3. The molecule has 18 heavy (non-hydrogen) atoms. The van der Waals surface area contributed by atoms with Crippen LogP contribution in [0.2, 0.25) is 0 Å². The van der Waals surface area contributed by atoms with Crippen molar-refractivity contribution in [2.45, 2.75) is 20.3 Å². The van der Waals surface area contributed by atoms with Gasteiger partial charge in [0, 0.05) is 6.54 Å². The fraction of sp³-hybridized carbons (Fsp3) is 0.462. The van der Waals surface area contributed by atoms with Crippen molar-refractivity contribution in [2.24, 2.45) is 0 Å². The molecule has 1 aromatic carbocycles. The second-order valence-corrected chi connectivity index (χ2v) is 3.60. The minimum atomic E-state index is -0.231. The number of carbonyl (C=O) groups excluding carboxylic acids is 1. The number of amides is 2. The number of para-hydroxylation sites is 2. The largest absolute Gasteiger partial charge is 0.490 e. The van der Waals surface area contributed by atoms with Crippen molar-refractivity contribution < 1.29 is 14.3 Å². The number of ether oxygens (including phenoxy) is 2. The summed E-state index contributed by atoms with van der Waals surface area (Å²) in [5.41, 5.74) is 0. The van der Waals surface area contributed by atoms with Crippen LogP contribution in [0.4, 0.5) is 4.79 Å². The number of hydrogen-bond donors (Lipinski definition) is 2. The molecule has 2 amide bonds. The lowest BCUT2D eigenvalue weighted by Gasteiger charge is -2.12. The van der Waals surface area contributed by atoms with Crippen LogP contribution in [0, 0.1) is 0 Å². The molecule has 2 N–H and O–H groups in total. The van der Waals surface area contributed by atoms with E-state index < -0.39 is 0 Å². The van der Waals surface area contributed by atoms with Crippen LogP contribution in [0.3, 0.4) is 0 Å². The normalized spacial score (nSPS) is 9.67. The summed E-state index contributed by atoms with van der Waals surface area (Å²) in [7, 11) is 0. The van der Waals surface area contributed by atoms with E-state index in [2.05, 4.69) is 10.6 Å². The molecule has 0 spiro atoms. The molecule has 0 atom stereocenters. The molecule has 0 unspecified atom stereocenters. The molecule has 100 valence electrons. The fourth-order valence-electron chi connectivity index (χ4n) is 1.32. The van der Waals surface area contributed by atoms with E-state index in [0.717, 1.165) is 6.42 Å². The van der Waals surface area contributed by atoms with Crippen molar-refractivity contribution in [3.05, 3.63) is 24.3 Å². The standard InChI is InChI=1S/C13H20N2O3/c1-3-9-14-13(16)15-10-18-12-8-6-5-7-11(12)17-4-2/h5-8H,3-4,9-10H2,1-2H3,(H2,14,15,16). The summed E-state index contributed by atoms with van der Waals surface area (Å²) in [6.07, 6.45) is 0.904. The molecule has 0 bridgehead atoms. The molecule has 5 heteroatoms. The third-order valence-electron chi connectivity index (χ3n) is 2.14. The van der Waals surface area contributed by atoms with E-state index in [1.807, 2.05) is 32.0 Å². The van der Waals surface area contributed by atoms with Gasteiger partial charge in [0.1, 0.15) is 0 Å². The molecule has 1 rings (SSSR count). The molecule has 0 radical (unpaired) electrons. The SMILES string of the molecule is CCCNC(=O)NCOc1ccccc1OCC. The van der Waals surface area contributed by atoms with Crippen molar-refractivity contribution in [1.29, 1.82) is 0 Å². The van der Waals surface area contributed by atoms with Crippen LogP contribution in [0.1, 0.15) is 20.3 Å². The monoisotopic (exact) mass is 252 g/mol. The van der Waals surface area contributed by atoms with Gasteiger partial charge in [-0.1, -0.05) is 19.1 Å². The Labute approximate surface area is 107 Å². The molecule has 0 aliphatic rings. The van der Waals surface area contributed by atoms with Crippen molar-refractivity contribution >= 4 is 6.03 Å². The number of nitrogens with one attached hydrogen (secondary N) is 2. The topological polar surface area (TPSA) is 59.6 Å². The lowest BCUT2D eigenvalue weighted by atomic mass is 10.3. The summed E-state index contributed by atoms with van der Waals surface area (Å²) in [6, 6.07) is 7.13. The highest BCUT2D eigenvalue weighted by Gasteiger charge is 2.04. The molecule has 0 aliphatic carbocycles. The summed E-state index contributed by atoms with van der Waals surface area (Å²) in [5.74, 6) is 1.30. The van der Waals surface area contributed by atoms with Crippen LogP contribution in [0.25, 0.3) is 0 Å². The highest BCUT2D eigenvalue weighted by molar-refractivity contribution is 5.73. The van der Waals surface area contributed by atoms with Crippen LogP contribution in [-0.4, -0.2) is 25.9 Å². The highest BCUT2D eigenvalue weighted by atomic mass is 16.5. The molecular weight excluding hydrogens is 232 g/mol. The van der Waals surface area contributed by atoms with Crippen LogP contribution in [-0.2, 0) is 0 Å². The lowest BCUT2D eigenvalue weighted by molar-refractivity contribution is 0.220. The van der Waals surface area contributed by atoms with E-state index in [1.54, 1.807) is 6.07 Å². The third-order valence-corrected chi connectivity index (χ3v) is 2.14. The first-order valence-corrected chi connectivity index (χ1v) is 6.14.